The van der Waals surface area contributed by atoms with E-state index < -0.39 is 0 Å². The fourth-order valence-corrected chi connectivity index (χ4v) is 4.37. The first-order valence-corrected chi connectivity index (χ1v) is 13.5. The molecule has 0 aromatic rings. The molecule has 0 N–H and O–H groups in total. The van der Waals surface area contributed by atoms with Gasteiger partial charge in [0.05, 0.1) is 0 Å². The second-order valence-electron chi connectivity index (χ2n) is 9.68. The number of hydrogen-bond donors (Lipinski definition) is 0. The van der Waals surface area contributed by atoms with Gasteiger partial charge in [-0.25, -0.2) is 0 Å². The Morgan fingerprint density at radius 2 is 0.714 bits per heavy atom. The zero-order valence-electron chi connectivity index (χ0n) is 20.4. The average Bonchev–Trinajstić information content (AvgIpc) is 2.70. The van der Waals surface area contributed by atoms with Crippen molar-refractivity contribution in [1.29, 1.82) is 0 Å². The lowest BCUT2D eigenvalue weighted by Crippen LogP contribution is -2.08. The lowest BCUT2D eigenvalue weighted by atomic mass is 9.86. The minimum atomic E-state index is 0.688. The molecule has 0 aliphatic carbocycles. The molecule has 0 aromatic carbocycles. The van der Waals surface area contributed by atoms with Gasteiger partial charge in [0, 0.05) is 0 Å². The van der Waals surface area contributed by atoms with Crippen molar-refractivity contribution in [1.82, 2.24) is 0 Å². The number of rotatable bonds is 23. The molecule has 0 spiro atoms. The summed E-state index contributed by atoms with van der Waals surface area (Å²) in [5.41, 5.74) is 0. The predicted molar refractivity (Wildman–Crippen MR) is 131 cm³/mol. The van der Waals surface area contributed by atoms with Gasteiger partial charge < -0.3 is 0 Å². The first kappa shape index (κ1) is 28.0. The van der Waals surface area contributed by atoms with Crippen molar-refractivity contribution in [3.05, 3.63) is 6.92 Å². The molecule has 1 radical (unpaired) electrons. The second kappa shape index (κ2) is 23.3. The summed E-state index contributed by atoms with van der Waals surface area (Å²) in [5, 5.41) is 0. The first-order chi connectivity index (χ1) is 13.7. The molecule has 0 heterocycles. The summed E-state index contributed by atoms with van der Waals surface area (Å²) in [6, 6.07) is 0. The molecule has 0 aromatic heterocycles. The molecule has 0 heteroatoms. The Hall–Kier alpha value is 0. The fraction of sp³-hybridized carbons (Fsp3) is 0.964. The Morgan fingerprint density at radius 3 is 1.07 bits per heavy atom. The molecule has 0 amide bonds. The molecule has 0 bridgehead atoms. The van der Waals surface area contributed by atoms with Crippen LogP contribution in [0.25, 0.3) is 0 Å². The summed E-state index contributed by atoms with van der Waals surface area (Å²) in [5.74, 6) is 1.51. The molecule has 0 aliphatic rings. The lowest BCUT2D eigenvalue weighted by molar-refractivity contribution is 0.350. The van der Waals surface area contributed by atoms with Crippen LogP contribution < -0.4 is 0 Å². The Kier molecular flexibility index (Phi) is 23.3. The topological polar surface area (TPSA) is 0 Å². The van der Waals surface area contributed by atoms with E-state index >= 15 is 0 Å². The van der Waals surface area contributed by atoms with Crippen molar-refractivity contribution in [2.24, 2.45) is 11.8 Å². The van der Waals surface area contributed by atoms with Crippen LogP contribution in [0.5, 0.6) is 0 Å². The van der Waals surface area contributed by atoms with Crippen molar-refractivity contribution >= 4 is 0 Å². The van der Waals surface area contributed by atoms with E-state index in [-0.39, 0.29) is 0 Å². The first-order valence-electron chi connectivity index (χ1n) is 13.5. The zero-order valence-corrected chi connectivity index (χ0v) is 20.4. The summed E-state index contributed by atoms with van der Waals surface area (Å²) in [7, 11) is 0. The van der Waals surface area contributed by atoms with E-state index in [0.717, 1.165) is 5.92 Å². The molecule has 0 rings (SSSR count). The highest BCUT2D eigenvalue weighted by atomic mass is 14.2. The normalized spacial score (nSPS) is 13.7. The highest BCUT2D eigenvalue weighted by molar-refractivity contribution is 4.69. The van der Waals surface area contributed by atoms with Crippen LogP contribution in [-0.2, 0) is 0 Å². The average molecular weight is 394 g/mol. The molecule has 169 valence electrons. The molecule has 2 atom stereocenters. The van der Waals surface area contributed by atoms with Crippen LogP contribution in [0.15, 0.2) is 0 Å². The second-order valence-corrected chi connectivity index (χ2v) is 9.68. The Labute approximate surface area is 181 Å². The van der Waals surface area contributed by atoms with Crippen LogP contribution in [0, 0.1) is 18.8 Å². The van der Waals surface area contributed by atoms with Gasteiger partial charge in [0.1, 0.15) is 0 Å². The molecule has 0 saturated carbocycles. The SMILES string of the molecule is [CH2]C(CCCCCCCCCCCC)C(C)CCCCCCCCCCCC. The predicted octanol–water partition coefficient (Wildman–Crippen LogP) is 10.7. The standard InChI is InChI=1S/C28H57/c1-5-7-9-11-13-15-17-19-21-23-25-27(3)28(4)26-24-22-20-18-16-14-12-10-8-6-2/h27-28H,3,5-26H2,1-2,4H3. The molecule has 2 unspecified atom stereocenters. The molecule has 0 aliphatic heterocycles. The smallest absolute Gasteiger partial charge is 0.0388 e. The monoisotopic (exact) mass is 393 g/mol. The van der Waals surface area contributed by atoms with E-state index in [0.29, 0.717) is 5.92 Å². The molecule has 0 fully saturated rings. The summed E-state index contributed by atoms with van der Waals surface area (Å²) < 4.78 is 0. The molecule has 28 heavy (non-hydrogen) atoms. The van der Waals surface area contributed by atoms with Crippen LogP contribution in [0.2, 0.25) is 0 Å². The summed E-state index contributed by atoms with van der Waals surface area (Å²) in [6.45, 7) is 11.5. The largest absolute Gasteiger partial charge is 0.0654 e. The van der Waals surface area contributed by atoms with Gasteiger partial charge in [0.25, 0.3) is 0 Å². The van der Waals surface area contributed by atoms with Gasteiger partial charge in [0.2, 0.25) is 0 Å². The summed E-state index contributed by atoms with van der Waals surface area (Å²) >= 11 is 0. The van der Waals surface area contributed by atoms with E-state index in [1.807, 2.05) is 0 Å². The van der Waals surface area contributed by atoms with E-state index in [2.05, 4.69) is 27.7 Å². The van der Waals surface area contributed by atoms with Gasteiger partial charge in [-0.2, -0.15) is 0 Å². The maximum absolute atomic E-state index is 4.48. The van der Waals surface area contributed by atoms with Crippen LogP contribution in [0.1, 0.15) is 162 Å². The summed E-state index contributed by atoms with van der Waals surface area (Å²) in [6.07, 6.45) is 31.6. The van der Waals surface area contributed by atoms with E-state index in [1.54, 1.807) is 0 Å². The minimum Gasteiger partial charge on any atom is -0.0654 e. The van der Waals surface area contributed by atoms with Crippen LogP contribution in [-0.4, -0.2) is 0 Å². The van der Waals surface area contributed by atoms with Gasteiger partial charge in [-0.05, 0) is 18.8 Å². The highest BCUT2D eigenvalue weighted by Crippen LogP contribution is 2.24. The Balaban J connectivity index is 3.30. The van der Waals surface area contributed by atoms with Crippen molar-refractivity contribution < 1.29 is 0 Å². The number of unbranched alkanes of at least 4 members (excludes halogenated alkanes) is 18. The minimum absolute atomic E-state index is 0.688. The van der Waals surface area contributed by atoms with Crippen molar-refractivity contribution in [2.75, 3.05) is 0 Å². The van der Waals surface area contributed by atoms with Crippen molar-refractivity contribution in [3.8, 4) is 0 Å². The molecule has 0 saturated heterocycles. The maximum Gasteiger partial charge on any atom is -0.0388 e. The van der Waals surface area contributed by atoms with Crippen molar-refractivity contribution in [3.63, 3.8) is 0 Å². The van der Waals surface area contributed by atoms with Crippen LogP contribution >= 0.6 is 0 Å². The zero-order chi connectivity index (χ0) is 20.7. The van der Waals surface area contributed by atoms with Crippen molar-refractivity contribution in [2.45, 2.75) is 162 Å². The molecular weight excluding hydrogens is 336 g/mol. The third-order valence-electron chi connectivity index (χ3n) is 6.75. The lowest BCUT2D eigenvalue weighted by Gasteiger charge is -2.19. The van der Waals surface area contributed by atoms with Gasteiger partial charge >= 0.3 is 0 Å². The van der Waals surface area contributed by atoms with Crippen LogP contribution in [0.4, 0.5) is 0 Å². The Bertz CT molecular complexity index is 241. The van der Waals surface area contributed by atoms with Gasteiger partial charge in [0.15, 0.2) is 0 Å². The van der Waals surface area contributed by atoms with E-state index in [4.69, 9.17) is 0 Å². The third-order valence-corrected chi connectivity index (χ3v) is 6.75. The number of hydrogen-bond acceptors (Lipinski definition) is 0. The summed E-state index contributed by atoms with van der Waals surface area (Å²) in [4.78, 5) is 0. The van der Waals surface area contributed by atoms with Gasteiger partial charge in [-0.3, -0.25) is 0 Å². The third kappa shape index (κ3) is 20.7. The van der Waals surface area contributed by atoms with Crippen LogP contribution in [0.3, 0.4) is 0 Å². The van der Waals surface area contributed by atoms with Gasteiger partial charge in [-0.1, -0.05) is 162 Å². The maximum atomic E-state index is 4.48. The quantitative estimate of drug-likeness (QED) is 0.151. The van der Waals surface area contributed by atoms with E-state index in [9.17, 15) is 0 Å². The highest BCUT2D eigenvalue weighted by Gasteiger charge is 2.11. The molecule has 0 nitrogen and oxygen atoms in total. The fourth-order valence-electron chi connectivity index (χ4n) is 4.37. The Morgan fingerprint density at radius 1 is 0.429 bits per heavy atom. The van der Waals surface area contributed by atoms with E-state index in [1.165, 1.54) is 141 Å². The molecular formula is C28H57. The van der Waals surface area contributed by atoms with Gasteiger partial charge in [-0.15, -0.1) is 0 Å².